The Hall–Kier alpha value is -1.60. The molecule has 0 aliphatic rings. The molecule has 0 spiro atoms. The predicted molar refractivity (Wildman–Crippen MR) is 69.4 cm³/mol. The van der Waals surface area contributed by atoms with E-state index in [9.17, 15) is 22.8 Å². The van der Waals surface area contributed by atoms with Gasteiger partial charge in [0.15, 0.2) is 5.78 Å². The molecule has 8 heteroatoms. The van der Waals surface area contributed by atoms with E-state index < -0.39 is 29.8 Å². The van der Waals surface area contributed by atoms with E-state index >= 15 is 0 Å². The van der Waals surface area contributed by atoms with Crippen LogP contribution in [-0.4, -0.2) is 10.4 Å². The number of ketones is 1. The van der Waals surface area contributed by atoms with E-state index in [2.05, 4.69) is 0 Å². The van der Waals surface area contributed by atoms with Crippen LogP contribution in [0, 0.1) is 0 Å². The fourth-order valence-corrected chi connectivity index (χ4v) is 2.59. The number of halogens is 4. The average Bonchev–Trinajstić information content (AvgIpc) is 2.77. The Bertz CT molecular complexity index is 705. The topological polar surface area (TPSA) is 39.1 Å². The van der Waals surface area contributed by atoms with Gasteiger partial charge in [0.1, 0.15) is 5.69 Å². The number of nitrogens with zero attached hydrogens (tertiary/aromatic N) is 1. The molecule has 3 nitrogen and oxygen atoms in total. The lowest BCUT2D eigenvalue weighted by Crippen LogP contribution is -2.29. The minimum atomic E-state index is -4.70. The smallest absolute Gasteiger partial charge is 0.296 e. The molecule has 106 valence electrons. The Morgan fingerprint density at radius 1 is 1.25 bits per heavy atom. The zero-order valence-electron chi connectivity index (χ0n) is 9.78. The maximum absolute atomic E-state index is 12.8. The van der Waals surface area contributed by atoms with Crippen molar-refractivity contribution in [2.24, 2.45) is 0 Å². The molecular formula is C12H7ClF3NO2S. The van der Waals surface area contributed by atoms with Gasteiger partial charge in [-0.2, -0.15) is 13.2 Å². The SMILES string of the molecule is O=C(Cn1c(C(F)(F)F)cccc1=O)c1ccc(Cl)s1. The molecule has 0 saturated heterocycles. The van der Waals surface area contributed by atoms with Gasteiger partial charge in [-0.15, -0.1) is 11.3 Å². The highest BCUT2D eigenvalue weighted by Gasteiger charge is 2.34. The third-order valence-corrected chi connectivity index (χ3v) is 3.76. The third-order valence-electron chi connectivity index (χ3n) is 2.49. The van der Waals surface area contributed by atoms with Crippen LogP contribution in [0.1, 0.15) is 15.4 Å². The molecule has 0 aromatic carbocycles. The molecule has 2 heterocycles. The van der Waals surface area contributed by atoms with Crippen LogP contribution in [0.2, 0.25) is 4.34 Å². The van der Waals surface area contributed by atoms with Crippen molar-refractivity contribution in [2.45, 2.75) is 12.7 Å². The second kappa shape index (κ2) is 5.41. The van der Waals surface area contributed by atoms with Crippen LogP contribution in [0.4, 0.5) is 13.2 Å². The number of pyridine rings is 1. The molecule has 0 aliphatic carbocycles. The molecule has 0 atom stereocenters. The van der Waals surface area contributed by atoms with Gasteiger partial charge in [0, 0.05) is 6.07 Å². The minimum absolute atomic E-state index is 0.207. The highest BCUT2D eigenvalue weighted by molar-refractivity contribution is 7.18. The van der Waals surface area contributed by atoms with Crippen molar-refractivity contribution in [3.05, 3.63) is 55.6 Å². The van der Waals surface area contributed by atoms with Crippen molar-refractivity contribution in [3.8, 4) is 0 Å². The zero-order valence-corrected chi connectivity index (χ0v) is 11.4. The summed E-state index contributed by atoms with van der Waals surface area (Å²) >= 11 is 6.61. The Morgan fingerprint density at radius 3 is 2.50 bits per heavy atom. The molecule has 0 bridgehead atoms. The first-order chi connectivity index (χ1) is 9.29. The van der Waals surface area contributed by atoms with E-state index in [0.717, 1.165) is 29.5 Å². The van der Waals surface area contributed by atoms with Crippen LogP contribution in [0.3, 0.4) is 0 Å². The van der Waals surface area contributed by atoms with Crippen molar-refractivity contribution in [3.63, 3.8) is 0 Å². The number of carbonyl (C=O) groups excluding carboxylic acids is 1. The van der Waals surface area contributed by atoms with Gasteiger partial charge >= 0.3 is 6.18 Å². The molecule has 2 rings (SSSR count). The van der Waals surface area contributed by atoms with Crippen molar-refractivity contribution < 1.29 is 18.0 Å². The summed E-state index contributed by atoms with van der Waals surface area (Å²) in [6.45, 7) is -0.675. The molecule has 0 saturated carbocycles. The minimum Gasteiger partial charge on any atom is -0.296 e. The van der Waals surface area contributed by atoms with Crippen LogP contribution >= 0.6 is 22.9 Å². The standard InChI is InChI=1S/C12H7ClF3NO2S/c13-10-5-4-8(20-10)7(18)6-17-9(12(14,15)16)2-1-3-11(17)19/h1-5H,6H2. The van der Waals surface area contributed by atoms with Gasteiger partial charge in [0.25, 0.3) is 5.56 Å². The van der Waals surface area contributed by atoms with Gasteiger partial charge in [0.2, 0.25) is 0 Å². The Kier molecular flexibility index (Phi) is 4.01. The van der Waals surface area contributed by atoms with Crippen LogP contribution in [0.25, 0.3) is 0 Å². The molecule has 0 fully saturated rings. The molecular weight excluding hydrogens is 315 g/mol. The lowest BCUT2D eigenvalue weighted by molar-refractivity contribution is -0.144. The number of Topliss-reactive ketones (excluding diaryl/α,β-unsaturated/α-hetero) is 1. The molecule has 2 aromatic rings. The number of aromatic nitrogens is 1. The number of rotatable bonds is 3. The number of hydrogen-bond donors (Lipinski definition) is 0. The first kappa shape index (κ1) is 14.8. The molecule has 0 aliphatic heterocycles. The fraction of sp³-hybridized carbons (Fsp3) is 0.167. The normalized spacial score (nSPS) is 11.6. The van der Waals surface area contributed by atoms with Gasteiger partial charge in [-0.1, -0.05) is 17.7 Å². The maximum atomic E-state index is 12.8. The van der Waals surface area contributed by atoms with E-state index in [1.165, 1.54) is 12.1 Å². The Balaban J connectivity index is 2.39. The van der Waals surface area contributed by atoms with Crippen molar-refractivity contribution in [1.29, 1.82) is 0 Å². The zero-order chi connectivity index (χ0) is 14.9. The van der Waals surface area contributed by atoms with E-state index in [1.807, 2.05) is 0 Å². The summed E-state index contributed by atoms with van der Waals surface area (Å²) < 4.78 is 39.2. The summed E-state index contributed by atoms with van der Waals surface area (Å²) in [5, 5.41) is 0. The highest BCUT2D eigenvalue weighted by Crippen LogP contribution is 2.28. The fourth-order valence-electron chi connectivity index (χ4n) is 1.62. The molecule has 0 amide bonds. The molecule has 2 aromatic heterocycles. The largest absolute Gasteiger partial charge is 0.431 e. The molecule has 0 radical (unpaired) electrons. The molecule has 20 heavy (non-hydrogen) atoms. The number of alkyl halides is 3. The van der Waals surface area contributed by atoms with Crippen LogP contribution in [-0.2, 0) is 12.7 Å². The second-order valence-electron chi connectivity index (χ2n) is 3.86. The van der Waals surface area contributed by atoms with E-state index in [1.54, 1.807) is 0 Å². The van der Waals surface area contributed by atoms with Gasteiger partial charge in [-0.3, -0.25) is 14.2 Å². The van der Waals surface area contributed by atoms with Gasteiger partial charge < -0.3 is 0 Å². The summed E-state index contributed by atoms with van der Waals surface area (Å²) in [5.74, 6) is -0.597. The lowest BCUT2D eigenvalue weighted by Gasteiger charge is -2.13. The van der Waals surface area contributed by atoms with Crippen molar-refractivity contribution >= 4 is 28.7 Å². The number of hydrogen-bond acceptors (Lipinski definition) is 3. The predicted octanol–water partition coefficient (Wildman–Crippen LogP) is 3.46. The number of carbonyl (C=O) groups is 1. The summed E-state index contributed by atoms with van der Waals surface area (Å²) in [6, 6.07) is 5.63. The quantitative estimate of drug-likeness (QED) is 0.812. The molecule has 0 unspecified atom stereocenters. The summed E-state index contributed by atoms with van der Waals surface area (Å²) in [4.78, 5) is 23.6. The van der Waals surface area contributed by atoms with Gasteiger partial charge in [-0.25, -0.2) is 0 Å². The van der Waals surface area contributed by atoms with Gasteiger partial charge in [0.05, 0.1) is 15.8 Å². The third kappa shape index (κ3) is 3.10. The monoisotopic (exact) mass is 321 g/mol. The summed E-state index contributed by atoms with van der Waals surface area (Å²) in [5.41, 5.74) is -2.03. The first-order valence-electron chi connectivity index (χ1n) is 5.34. The second-order valence-corrected chi connectivity index (χ2v) is 5.58. The van der Waals surface area contributed by atoms with E-state index in [0.29, 0.717) is 8.90 Å². The number of thiophene rings is 1. The molecule has 0 N–H and O–H groups in total. The highest BCUT2D eigenvalue weighted by atomic mass is 35.5. The van der Waals surface area contributed by atoms with E-state index in [-0.39, 0.29) is 4.88 Å². The van der Waals surface area contributed by atoms with Gasteiger partial charge in [-0.05, 0) is 18.2 Å². The summed E-state index contributed by atoms with van der Waals surface area (Å²) in [7, 11) is 0. The van der Waals surface area contributed by atoms with Crippen LogP contribution in [0.15, 0.2) is 35.1 Å². The lowest BCUT2D eigenvalue weighted by atomic mass is 10.2. The summed E-state index contributed by atoms with van der Waals surface area (Å²) in [6.07, 6.45) is -4.70. The Morgan fingerprint density at radius 2 is 1.95 bits per heavy atom. The first-order valence-corrected chi connectivity index (χ1v) is 6.54. The van der Waals surface area contributed by atoms with Crippen molar-refractivity contribution in [1.82, 2.24) is 4.57 Å². The van der Waals surface area contributed by atoms with E-state index in [4.69, 9.17) is 11.6 Å². The maximum Gasteiger partial charge on any atom is 0.431 e. The van der Waals surface area contributed by atoms with Crippen LogP contribution in [0.5, 0.6) is 0 Å². The Labute approximate surface area is 120 Å². The van der Waals surface area contributed by atoms with Crippen molar-refractivity contribution in [2.75, 3.05) is 0 Å². The average molecular weight is 322 g/mol. The van der Waals surface area contributed by atoms with Crippen LogP contribution < -0.4 is 5.56 Å².